The number of hydrogen-bond donors (Lipinski definition) is 1. The van der Waals surface area contributed by atoms with E-state index >= 15 is 0 Å². The van der Waals surface area contributed by atoms with Crippen LogP contribution in [-0.2, 0) is 11.3 Å². The predicted molar refractivity (Wildman–Crippen MR) is 134 cm³/mol. The van der Waals surface area contributed by atoms with Crippen LogP contribution in [0, 0.1) is 5.82 Å². The predicted octanol–water partition coefficient (Wildman–Crippen LogP) is 6.35. The van der Waals surface area contributed by atoms with Crippen molar-refractivity contribution in [1.29, 1.82) is 0 Å². The zero-order valence-corrected chi connectivity index (χ0v) is 19.4. The number of carbonyl (C=O) groups is 1. The number of nitrogens with zero attached hydrogens (tertiary/aromatic N) is 2. The van der Waals surface area contributed by atoms with E-state index < -0.39 is 5.97 Å². The molecule has 6 heteroatoms. The van der Waals surface area contributed by atoms with Gasteiger partial charge >= 0.3 is 5.97 Å². The molecule has 2 aliphatic rings. The lowest BCUT2D eigenvalue weighted by Gasteiger charge is -2.26. The van der Waals surface area contributed by atoms with Crippen LogP contribution in [-0.4, -0.2) is 34.6 Å². The van der Waals surface area contributed by atoms with Gasteiger partial charge in [0.2, 0.25) is 0 Å². The van der Waals surface area contributed by atoms with Crippen molar-refractivity contribution in [3.63, 3.8) is 0 Å². The molecule has 0 atom stereocenters. The van der Waals surface area contributed by atoms with Gasteiger partial charge in [-0.25, -0.2) is 9.18 Å². The molecule has 0 spiro atoms. The Kier molecular flexibility index (Phi) is 5.26. The van der Waals surface area contributed by atoms with Crippen molar-refractivity contribution in [1.82, 2.24) is 4.57 Å². The van der Waals surface area contributed by atoms with Gasteiger partial charge in [-0.15, -0.1) is 0 Å². The first-order valence-electron chi connectivity index (χ1n) is 11.9. The van der Waals surface area contributed by atoms with Gasteiger partial charge in [0, 0.05) is 52.7 Å². The lowest BCUT2D eigenvalue weighted by molar-refractivity contribution is 0.0697. The van der Waals surface area contributed by atoms with Gasteiger partial charge in [0.25, 0.3) is 0 Å². The van der Waals surface area contributed by atoms with Crippen LogP contribution < -0.4 is 0 Å². The molecule has 0 aliphatic carbocycles. The Morgan fingerprint density at radius 2 is 1.77 bits per heavy atom. The first kappa shape index (κ1) is 21.7. The molecule has 0 unspecified atom stereocenters. The van der Waals surface area contributed by atoms with Crippen LogP contribution in [0.5, 0.6) is 0 Å². The topological polar surface area (TPSA) is 63.8 Å². The van der Waals surface area contributed by atoms with E-state index in [2.05, 4.69) is 21.7 Å². The molecule has 4 aromatic rings. The van der Waals surface area contributed by atoms with Crippen LogP contribution in [0.3, 0.4) is 0 Å². The number of aliphatic imine (C=N–C) groups is 1. The van der Waals surface area contributed by atoms with E-state index in [4.69, 9.17) is 4.74 Å². The van der Waals surface area contributed by atoms with E-state index in [1.807, 2.05) is 31.2 Å². The fourth-order valence-corrected chi connectivity index (χ4v) is 5.46. The Bertz CT molecular complexity index is 1480. The molecule has 1 aromatic heterocycles. The highest BCUT2D eigenvalue weighted by Crippen LogP contribution is 2.45. The van der Waals surface area contributed by atoms with E-state index in [0.29, 0.717) is 19.8 Å². The molecule has 1 fully saturated rings. The number of carboxylic acid groups (broad SMARTS) is 1. The van der Waals surface area contributed by atoms with E-state index in [0.717, 1.165) is 57.5 Å². The Labute approximate surface area is 202 Å². The highest BCUT2D eigenvalue weighted by molar-refractivity contribution is 6.08. The van der Waals surface area contributed by atoms with Crippen LogP contribution in [0.15, 0.2) is 65.7 Å². The number of aromatic nitrogens is 1. The Morgan fingerprint density at radius 3 is 2.46 bits per heavy atom. The summed E-state index contributed by atoms with van der Waals surface area (Å²) in [5, 5.41) is 10.5. The molecule has 1 saturated heterocycles. The monoisotopic (exact) mass is 468 g/mol. The minimum absolute atomic E-state index is 0.250. The molecular weight excluding hydrogens is 443 g/mol. The molecule has 176 valence electrons. The normalized spacial score (nSPS) is 15.9. The van der Waals surface area contributed by atoms with E-state index in [1.165, 1.54) is 17.7 Å². The van der Waals surface area contributed by atoms with Crippen LogP contribution in [0.25, 0.3) is 27.7 Å². The molecule has 6 rings (SSSR count). The van der Waals surface area contributed by atoms with Crippen LogP contribution in [0.1, 0.15) is 52.9 Å². The summed E-state index contributed by atoms with van der Waals surface area (Å²) in [4.78, 5) is 16.1. The van der Waals surface area contributed by atoms with Gasteiger partial charge in [0.15, 0.2) is 0 Å². The van der Waals surface area contributed by atoms with Gasteiger partial charge in [-0.2, -0.15) is 0 Å². The molecule has 35 heavy (non-hydrogen) atoms. The van der Waals surface area contributed by atoms with Crippen LogP contribution >= 0.6 is 0 Å². The van der Waals surface area contributed by atoms with Gasteiger partial charge in [-0.05, 0) is 79.4 Å². The molecule has 3 aromatic carbocycles. The van der Waals surface area contributed by atoms with Crippen molar-refractivity contribution < 1.29 is 19.0 Å². The largest absolute Gasteiger partial charge is 0.478 e. The number of rotatable bonds is 4. The Balaban J connectivity index is 1.70. The second-order valence-electron chi connectivity index (χ2n) is 9.27. The summed E-state index contributed by atoms with van der Waals surface area (Å²) in [5.41, 5.74) is 8.79. The Morgan fingerprint density at radius 1 is 1.06 bits per heavy atom. The average Bonchev–Trinajstić information content (AvgIpc) is 3.41. The van der Waals surface area contributed by atoms with E-state index in [-0.39, 0.29) is 17.3 Å². The van der Waals surface area contributed by atoms with Crippen molar-refractivity contribution in [2.24, 2.45) is 4.99 Å². The second kappa shape index (κ2) is 8.47. The summed E-state index contributed by atoms with van der Waals surface area (Å²) >= 11 is 0. The molecule has 0 radical (unpaired) electrons. The van der Waals surface area contributed by atoms with Crippen LogP contribution in [0.2, 0.25) is 0 Å². The number of benzene rings is 3. The standard InChI is InChI=1S/C29H25FN2O3/c1-17-24-15-26-25(14-21(24)16-31-17)27(18-2-4-20(5-3-18)29(33)34)28(19-10-12-35-13-11-19)32(26)23-8-6-22(30)7-9-23/h2-9,14-15,19H,10-13,16H2,1H3,(H,33,34). The molecule has 0 bridgehead atoms. The molecular formula is C29H25FN2O3. The number of hydrogen-bond acceptors (Lipinski definition) is 3. The maximum Gasteiger partial charge on any atom is 0.335 e. The lowest BCUT2D eigenvalue weighted by Crippen LogP contribution is -2.17. The SMILES string of the molecule is CC1=NCc2cc3c(-c4ccc(C(=O)O)cc4)c(C4CCOCC4)n(-c4ccc(F)cc4)c3cc21. The van der Waals surface area contributed by atoms with Crippen molar-refractivity contribution in [3.8, 4) is 16.8 Å². The van der Waals surface area contributed by atoms with E-state index in [9.17, 15) is 14.3 Å². The highest BCUT2D eigenvalue weighted by atomic mass is 19.1. The number of ether oxygens (including phenoxy) is 1. The van der Waals surface area contributed by atoms with E-state index in [1.54, 1.807) is 12.1 Å². The molecule has 3 heterocycles. The summed E-state index contributed by atoms with van der Waals surface area (Å²) < 4.78 is 21.8. The average molecular weight is 469 g/mol. The maximum absolute atomic E-state index is 13.9. The minimum atomic E-state index is -0.944. The van der Waals surface area contributed by atoms with Gasteiger partial charge in [0.1, 0.15) is 5.82 Å². The summed E-state index contributed by atoms with van der Waals surface area (Å²) in [7, 11) is 0. The smallest absolute Gasteiger partial charge is 0.335 e. The minimum Gasteiger partial charge on any atom is -0.478 e. The van der Waals surface area contributed by atoms with Gasteiger partial charge in [-0.1, -0.05) is 12.1 Å². The molecule has 0 saturated carbocycles. The number of fused-ring (bicyclic) bond motifs is 2. The fraction of sp³-hybridized carbons (Fsp3) is 0.241. The third kappa shape index (κ3) is 3.65. The molecule has 5 nitrogen and oxygen atoms in total. The van der Waals surface area contributed by atoms with Crippen molar-refractivity contribution >= 4 is 22.6 Å². The number of carboxylic acids is 1. The quantitative estimate of drug-likeness (QED) is 0.380. The summed E-state index contributed by atoms with van der Waals surface area (Å²) in [6.45, 7) is 4.07. The van der Waals surface area contributed by atoms with Gasteiger partial charge in [0.05, 0.1) is 17.6 Å². The molecule has 2 aliphatic heterocycles. The van der Waals surface area contributed by atoms with Crippen LogP contribution in [0.4, 0.5) is 4.39 Å². The Hall–Kier alpha value is -3.77. The maximum atomic E-state index is 13.9. The summed E-state index contributed by atoms with van der Waals surface area (Å²) in [5.74, 6) is -0.966. The zero-order chi connectivity index (χ0) is 24.1. The first-order chi connectivity index (χ1) is 17.0. The number of aromatic carboxylic acids is 1. The lowest BCUT2D eigenvalue weighted by atomic mass is 9.89. The third-order valence-electron chi connectivity index (χ3n) is 7.22. The summed E-state index contributed by atoms with van der Waals surface area (Å²) in [6, 6.07) is 18.2. The van der Waals surface area contributed by atoms with Crippen molar-refractivity contribution in [2.45, 2.75) is 32.2 Å². The molecule has 0 amide bonds. The third-order valence-corrected chi connectivity index (χ3v) is 7.22. The zero-order valence-electron chi connectivity index (χ0n) is 19.4. The number of halogens is 1. The van der Waals surface area contributed by atoms with Crippen molar-refractivity contribution in [2.75, 3.05) is 13.2 Å². The molecule has 1 N–H and O–H groups in total. The first-order valence-corrected chi connectivity index (χ1v) is 11.9. The highest BCUT2D eigenvalue weighted by Gasteiger charge is 2.29. The van der Waals surface area contributed by atoms with Gasteiger partial charge < -0.3 is 14.4 Å². The second-order valence-corrected chi connectivity index (χ2v) is 9.27. The summed E-state index contributed by atoms with van der Waals surface area (Å²) in [6.07, 6.45) is 1.77. The fourth-order valence-electron chi connectivity index (χ4n) is 5.46. The van der Waals surface area contributed by atoms with Gasteiger partial charge in [-0.3, -0.25) is 4.99 Å². The van der Waals surface area contributed by atoms with Crippen molar-refractivity contribution in [3.05, 3.63) is 88.9 Å².